The predicted octanol–water partition coefficient (Wildman–Crippen LogP) is -1.73. The third-order valence-electron chi connectivity index (χ3n) is 4.19. The van der Waals surface area contributed by atoms with Gasteiger partial charge >= 0.3 is 0 Å². The van der Waals surface area contributed by atoms with Crippen molar-refractivity contribution in [2.45, 2.75) is 21.4 Å². The summed E-state index contributed by atoms with van der Waals surface area (Å²) < 4.78 is 0.979. The molecule has 1 aliphatic rings. The van der Waals surface area contributed by atoms with Gasteiger partial charge in [0.2, 0.25) is 0 Å². The van der Waals surface area contributed by atoms with Crippen molar-refractivity contribution in [3.8, 4) is 0 Å². The van der Waals surface area contributed by atoms with E-state index in [9.17, 15) is 0 Å². The number of piperazine rings is 1. The summed E-state index contributed by atoms with van der Waals surface area (Å²) in [5, 5.41) is -2.22. The van der Waals surface area contributed by atoms with Crippen LogP contribution in [0.3, 0.4) is 0 Å². The van der Waals surface area contributed by atoms with Crippen molar-refractivity contribution < 1.29 is 0 Å². The molecule has 1 aromatic carbocycles. The summed E-state index contributed by atoms with van der Waals surface area (Å²) in [4.78, 5) is 1.27. The van der Waals surface area contributed by atoms with E-state index in [4.69, 9.17) is 62.8 Å². The van der Waals surface area contributed by atoms with Gasteiger partial charge in [-0.2, -0.15) is 0 Å². The molecule has 3 rings (SSSR count). The molecular formula is C12H6B8N2S. The quantitative estimate of drug-likeness (QED) is 0.630. The van der Waals surface area contributed by atoms with E-state index in [1.807, 2.05) is 23.6 Å². The Morgan fingerprint density at radius 1 is 0.826 bits per heavy atom. The minimum Gasteiger partial charge on any atom is -0.394 e. The van der Waals surface area contributed by atoms with Gasteiger partial charge in [-0.05, 0) is 34.3 Å². The third-order valence-corrected chi connectivity index (χ3v) is 5.07. The Balaban J connectivity index is 2.30. The number of nitrogens with one attached hydrogen (secondary N) is 1. The van der Waals surface area contributed by atoms with Gasteiger partial charge in [-0.1, -0.05) is 16.7 Å². The van der Waals surface area contributed by atoms with Crippen LogP contribution in [0.25, 0.3) is 10.1 Å². The van der Waals surface area contributed by atoms with Crippen LogP contribution in [0.15, 0.2) is 29.6 Å². The number of hydrogen-bond acceptors (Lipinski definition) is 3. The number of fused-ring (bicyclic) bond motifs is 1. The summed E-state index contributed by atoms with van der Waals surface area (Å²) in [7, 11) is 48.9. The molecule has 0 saturated carbocycles. The number of nitrogens with zero attached hydrogens (tertiary/aromatic N) is 1. The lowest BCUT2D eigenvalue weighted by Crippen LogP contribution is -2.92. The Hall–Kier alpha value is -0.541. The van der Waals surface area contributed by atoms with Crippen molar-refractivity contribution in [3.63, 3.8) is 0 Å². The second-order valence-electron chi connectivity index (χ2n) is 5.96. The lowest BCUT2D eigenvalue weighted by molar-refractivity contribution is 0.349. The van der Waals surface area contributed by atoms with Gasteiger partial charge in [-0.25, -0.2) is 0 Å². The van der Waals surface area contributed by atoms with Crippen molar-refractivity contribution >= 4 is 89.9 Å². The lowest BCUT2D eigenvalue weighted by atomic mass is 9.27. The summed E-state index contributed by atoms with van der Waals surface area (Å²) in [6.45, 7) is 0. The SMILES string of the molecule is [B]C1([B])NC([B])([B])C([B])([B])N(c2cccc3sccc23)C1([B])[B]. The number of benzene rings is 1. The lowest BCUT2D eigenvalue weighted by Gasteiger charge is -2.72. The highest BCUT2D eigenvalue weighted by Crippen LogP contribution is 2.42. The average Bonchev–Trinajstić information content (AvgIpc) is 2.84. The molecular weight excluding hydrogens is 291 g/mol. The molecule has 11 heteroatoms. The van der Waals surface area contributed by atoms with Crippen LogP contribution in [0.2, 0.25) is 0 Å². The van der Waals surface area contributed by atoms with Gasteiger partial charge in [0, 0.05) is 15.8 Å². The maximum atomic E-state index is 6.21. The first-order valence-electron chi connectivity index (χ1n) is 6.79. The summed E-state index contributed by atoms with van der Waals surface area (Å²) in [6.07, 6.45) is 0. The summed E-state index contributed by atoms with van der Waals surface area (Å²) in [5.74, 6) is 0. The Kier molecular flexibility index (Phi) is 3.75. The fourth-order valence-corrected chi connectivity index (χ4v) is 3.60. The van der Waals surface area contributed by atoms with Crippen LogP contribution < -0.4 is 10.2 Å². The van der Waals surface area contributed by atoms with E-state index in [1.165, 1.54) is 16.2 Å². The molecule has 0 unspecified atom stereocenters. The number of anilines is 1. The number of rotatable bonds is 1. The summed E-state index contributed by atoms with van der Waals surface area (Å²) >= 11 is 1.53. The van der Waals surface area contributed by atoms with Crippen LogP contribution in [0, 0.1) is 0 Å². The van der Waals surface area contributed by atoms with Crippen LogP contribution in [-0.2, 0) is 0 Å². The number of thiophene rings is 1. The Morgan fingerprint density at radius 3 is 1.96 bits per heavy atom. The third kappa shape index (κ3) is 2.30. The molecule has 0 bridgehead atoms. The van der Waals surface area contributed by atoms with Crippen LogP contribution in [0.4, 0.5) is 5.69 Å². The van der Waals surface area contributed by atoms with E-state index in [0.29, 0.717) is 5.69 Å². The van der Waals surface area contributed by atoms with Crippen molar-refractivity contribution in [1.82, 2.24) is 5.32 Å². The molecule has 1 N–H and O–H groups in total. The predicted molar refractivity (Wildman–Crippen MR) is 104 cm³/mol. The summed E-state index contributed by atoms with van der Waals surface area (Å²) in [6, 6.07) is 7.37. The second-order valence-corrected chi connectivity index (χ2v) is 6.91. The minimum absolute atomic E-state index is 0.529. The molecule has 2 nitrogen and oxygen atoms in total. The molecule has 1 saturated heterocycles. The molecule has 0 atom stereocenters. The van der Waals surface area contributed by atoms with Crippen LogP contribution in [-0.4, -0.2) is 84.1 Å². The van der Waals surface area contributed by atoms with E-state index in [0.717, 1.165) is 10.1 Å². The minimum atomic E-state index is -1.88. The normalized spacial score (nSPS) is 24.4. The first-order valence-corrected chi connectivity index (χ1v) is 7.67. The Labute approximate surface area is 151 Å². The maximum absolute atomic E-state index is 6.21. The zero-order valence-electron chi connectivity index (χ0n) is 12.4. The fourth-order valence-electron chi connectivity index (χ4n) is 2.79. The van der Waals surface area contributed by atoms with E-state index in [1.54, 1.807) is 6.07 Å². The topological polar surface area (TPSA) is 15.3 Å². The largest absolute Gasteiger partial charge is 0.394 e. The van der Waals surface area contributed by atoms with Gasteiger partial charge in [0.25, 0.3) is 0 Å². The number of hydrogen-bond donors (Lipinski definition) is 1. The van der Waals surface area contributed by atoms with E-state index < -0.39 is 21.4 Å². The smallest absolute Gasteiger partial charge is 0.0904 e. The maximum Gasteiger partial charge on any atom is 0.0904 e. The highest BCUT2D eigenvalue weighted by Gasteiger charge is 2.55. The van der Waals surface area contributed by atoms with Crippen LogP contribution in [0.5, 0.6) is 0 Å². The molecule has 2 heterocycles. The zero-order valence-corrected chi connectivity index (χ0v) is 13.2. The monoisotopic (exact) mass is 298 g/mol. The van der Waals surface area contributed by atoms with Crippen molar-refractivity contribution in [2.75, 3.05) is 4.90 Å². The molecule has 1 aromatic heterocycles. The standard InChI is InChI=1S/C12H6B8N2S/c13-9(14)11(17,18)22(12(19,20)10(15,16)21-9)7-2-1-3-8-6(7)4-5-23-8/h1-5,21H. The van der Waals surface area contributed by atoms with Crippen molar-refractivity contribution in [3.05, 3.63) is 29.6 Å². The highest BCUT2D eigenvalue weighted by atomic mass is 32.1. The molecule has 0 amide bonds. The average molecular weight is 297 g/mol. The first-order chi connectivity index (χ1) is 10.4. The van der Waals surface area contributed by atoms with Gasteiger partial charge in [0.15, 0.2) is 0 Å². The van der Waals surface area contributed by atoms with Crippen molar-refractivity contribution in [1.29, 1.82) is 0 Å². The van der Waals surface area contributed by atoms with Crippen molar-refractivity contribution in [2.24, 2.45) is 0 Å². The molecule has 1 fully saturated rings. The molecule has 16 radical (unpaired) electrons. The van der Waals surface area contributed by atoms with E-state index in [-0.39, 0.29) is 0 Å². The highest BCUT2D eigenvalue weighted by molar-refractivity contribution is 7.17. The van der Waals surface area contributed by atoms with Crippen LogP contribution in [0.1, 0.15) is 0 Å². The first kappa shape index (κ1) is 17.3. The molecule has 1 aliphatic heterocycles. The van der Waals surface area contributed by atoms with E-state index >= 15 is 0 Å². The fraction of sp³-hybridized carbons (Fsp3) is 0.333. The van der Waals surface area contributed by atoms with Gasteiger partial charge < -0.3 is 10.2 Å². The van der Waals surface area contributed by atoms with E-state index in [2.05, 4.69) is 5.32 Å². The Morgan fingerprint density at radius 2 is 1.39 bits per heavy atom. The van der Waals surface area contributed by atoms with Gasteiger partial charge in [-0.15, -0.1) is 11.3 Å². The van der Waals surface area contributed by atoms with Crippen LogP contribution >= 0.6 is 11.3 Å². The van der Waals surface area contributed by atoms with Gasteiger partial charge in [-0.3, -0.25) is 0 Å². The molecule has 2 aromatic rings. The molecule has 23 heavy (non-hydrogen) atoms. The molecule has 94 valence electrons. The summed E-state index contributed by atoms with van der Waals surface area (Å²) in [5.41, 5.74) is 0.529. The second kappa shape index (κ2) is 4.98. The van der Waals surface area contributed by atoms with Gasteiger partial charge in [0.1, 0.15) is 0 Å². The van der Waals surface area contributed by atoms with Gasteiger partial charge in [0.05, 0.1) is 62.8 Å². The molecule has 0 aliphatic carbocycles. The zero-order chi connectivity index (χ0) is 17.3. The Bertz CT molecular complexity index is 730. The molecule has 0 spiro atoms.